The van der Waals surface area contributed by atoms with Crippen molar-refractivity contribution in [2.24, 2.45) is 11.8 Å². The predicted molar refractivity (Wildman–Crippen MR) is 76.2 cm³/mol. The van der Waals surface area contributed by atoms with Gasteiger partial charge < -0.3 is 4.90 Å². The summed E-state index contributed by atoms with van der Waals surface area (Å²) in [6.45, 7) is 13.1. The molecule has 0 radical (unpaired) electrons. The molecule has 106 valence electrons. The Morgan fingerprint density at radius 2 is 1.78 bits per heavy atom. The fourth-order valence-electron chi connectivity index (χ4n) is 2.73. The van der Waals surface area contributed by atoms with E-state index < -0.39 is 0 Å². The van der Waals surface area contributed by atoms with Gasteiger partial charge in [-0.3, -0.25) is 10.1 Å². The van der Waals surface area contributed by atoms with Crippen LogP contribution in [0.4, 0.5) is 0 Å². The van der Waals surface area contributed by atoms with Crippen molar-refractivity contribution in [3.63, 3.8) is 0 Å². The summed E-state index contributed by atoms with van der Waals surface area (Å²) in [4.78, 5) is 14.7. The molecule has 1 aliphatic rings. The van der Waals surface area contributed by atoms with Crippen LogP contribution in [-0.4, -0.2) is 29.1 Å². The molecule has 0 aromatic heterocycles. The third kappa shape index (κ3) is 2.87. The molecule has 0 bridgehead atoms. The molecule has 3 nitrogen and oxygen atoms in total. The van der Waals surface area contributed by atoms with Gasteiger partial charge in [-0.1, -0.05) is 47.5 Å². The van der Waals surface area contributed by atoms with Gasteiger partial charge in [0.05, 0.1) is 12.2 Å². The van der Waals surface area contributed by atoms with E-state index in [1.54, 1.807) is 0 Å². The van der Waals surface area contributed by atoms with Gasteiger partial charge in [0.25, 0.3) is 0 Å². The van der Waals surface area contributed by atoms with Crippen LogP contribution in [0.25, 0.3) is 0 Å². The van der Waals surface area contributed by atoms with Crippen molar-refractivity contribution in [3.8, 4) is 0 Å². The summed E-state index contributed by atoms with van der Waals surface area (Å²) >= 11 is 0. The first-order valence-electron chi connectivity index (χ1n) is 7.55. The zero-order valence-corrected chi connectivity index (χ0v) is 12.9. The van der Waals surface area contributed by atoms with Gasteiger partial charge in [-0.05, 0) is 25.2 Å². The first kappa shape index (κ1) is 15.5. The number of amides is 1. The van der Waals surface area contributed by atoms with Gasteiger partial charge >= 0.3 is 0 Å². The average Bonchev–Trinajstić information content (AvgIpc) is 2.72. The number of carbonyl (C=O) groups excluding carboxylic acids is 1. The van der Waals surface area contributed by atoms with Crippen LogP contribution in [0.5, 0.6) is 0 Å². The van der Waals surface area contributed by atoms with E-state index in [0.29, 0.717) is 23.8 Å². The summed E-state index contributed by atoms with van der Waals surface area (Å²) in [5.74, 6) is 1.28. The Bertz CT molecular complexity index is 280. The van der Waals surface area contributed by atoms with Crippen molar-refractivity contribution in [3.05, 3.63) is 0 Å². The topological polar surface area (TPSA) is 32.3 Å². The zero-order chi connectivity index (χ0) is 13.9. The molecule has 1 N–H and O–H groups in total. The number of carbonyl (C=O) groups is 1. The van der Waals surface area contributed by atoms with Crippen LogP contribution < -0.4 is 5.32 Å². The second kappa shape index (κ2) is 6.55. The highest BCUT2D eigenvalue weighted by atomic mass is 16.2. The Morgan fingerprint density at radius 3 is 2.22 bits per heavy atom. The maximum atomic E-state index is 12.6. The highest BCUT2D eigenvalue weighted by molar-refractivity contribution is 5.85. The van der Waals surface area contributed by atoms with Gasteiger partial charge in [0.1, 0.15) is 0 Å². The van der Waals surface area contributed by atoms with E-state index in [-0.39, 0.29) is 12.2 Å². The van der Waals surface area contributed by atoms with E-state index >= 15 is 0 Å². The van der Waals surface area contributed by atoms with Crippen LogP contribution in [0.15, 0.2) is 0 Å². The molecule has 0 saturated carbocycles. The average molecular weight is 254 g/mol. The predicted octanol–water partition coefficient (Wildman–Crippen LogP) is 3.00. The third-order valence-corrected chi connectivity index (χ3v) is 4.73. The quantitative estimate of drug-likeness (QED) is 0.790. The molecule has 1 amide bonds. The molecule has 5 atom stereocenters. The Kier molecular flexibility index (Phi) is 5.64. The molecule has 18 heavy (non-hydrogen) atoms. The normalized spacial score (nSPS) is 29.4. The second-order valence-corrected chi connectivity index (χ2v) is 5.83. The number of nitrogens with zero attached hydrogens (tertiary/aromatic N) is 1. The fourth-order valence-corrected chi connectivity index (χ4v) is 2.73. The van der Waals surface area contributed by atoms with Crippen molar-refractivity contribution < 1.29 is 4.79 Å². The van der Waals surface area contributed by atoms with Crippen LogP contribution in [0, 0.1) is 11.8 Å². The summed E-state index contributed by atoms with van der Waals surface area (Å²) in [6.07, 6.45) is 3.38. The van der Waals surface area contributed by atoms with E-state index in [2.05, 4.69) is 51.8 Å². The van der Waals surface area contributed by atoms with Gasteiger partial charge in [-0.15, -0.1) is 0 Å². The molecular formula is C15H30N2O. The van der Waals surface area contributed by atoms with Crippen molar-refractivity contribution in [1.82, 2.24) is 10.2 Å². The number of hydrogen-bond donors (Lipinski definition) is 1. The maximum absolute atomic E-state index is 12.6. The molecule has 1 rings (SSSR count). The summed E-state index contributed by atoms with van der Waals surface area (Å²) < 4.78 is 0. The summed E-state index contributed by atoms with van der Waals surface area (Å²) in [7, 11) is 0. The highest BCUT2D eigenvalue weighted by Gasteiger charge is 2.42. The van der Waals surface area contributed by atoms with E-state index in [0.717, 1.165) is 19.3 Å². The zero-order valence-electron chi connectivity index (χ0n) is 12.9. The number of nitrogens with one attached hydrogen (secondary N) is 1. The van der Waals surface area contributed by atoms with Gasteiger partial charge in [0, 0.05) is 6.04 Å². The summed E-state index contributed by atoms with van der Waals surface area (Å²) in [6, 6.07) is 0.348. The van der Waals surface area contributed by atoms with Crippen LogP contribution in [0.3, 0.4) is 0 Å². The van der Waals surface area contributed by atoms with Gasteiger partial charge in [0.2, 0.25) is 5.91 Å². The first-order valence-corrected chi connectivity index (χ1v) is 7.55. The van der Waals surface area contributed by atoms with Gasteiger partial charge in [-0.2, -0.15) is 0 Å². The molecule has 3 heteroatoms. The molecule has 0 spiro atoms. The van der Waals surface area contributed by atoms with Crippen molar-refractivity contribution in [1.29, 1.82) is 0 Å². The largest absolute Gasteiger partial charge is 0.323 e. The van der Waals surface area contributed by atoms with Gasteiger partial charge in [-0.25, -0.2) is 0 Å². The van der Waals surface area contributed by atoms with Crippen molar-refractivity contribution in [2.75, 3.05) is 0 Å². The molecule has 1 aliphatic heterocycles. The number of rotatable bonds is 6. The minimum absolute atomic E-state index is 0.0199. The minimum atomic E-state index is 0.0199. The Labute approximate surface area is 112 Å². The smallest absolute Gasteiger partial charge is 0.241 e. The van der Waals surface area contributed by atoms with Crippen LogP contribution in [0.2, 0.25) is 0 Å². The van der Waals surface area contributed by atoms with E-state index in [4.69, 9.17) is 0 Å². The Morgan fingerprint density at radius 1 is 1.17 bits per heavy atom. The van der Waals surface area contributed by atoms with Gasteiger partial charge in [0.15, 0.2) is 0 Å². The molecular weight excluding hydrogens is 224 g/mol. The third-order valence-electron chi connectivity index (χ3n) is 4.73. The number of hydrogen-bond acceptors (Lipinski definition) is 2. The molecule has 0 aromatic rings. The lowest BCUT2D eigenvalue weighted by atomic mass is 9.96. The minimum Gasteiger partial charge on any atom is -0.323 e. The monoisotopic (exact) mass is 254 g/mol. The maximum Gasteiger partial charge on any atom is 0.241 e. The standard InChI is InChI=1S/C15H30N2O/c1-7-10(4)12(6)17-13(9-3)16-14(15(17)18)11(5)8-2/h10-14,16H,7-9H2,1-6H3. The first-order chi connectivity index (χ1) is 8.47. The summed E-state index contributed by atoms with van der Waals surface area (Å²) in [5.41, 5.74) is 0. The Hall–Kier alpha value is -0.570. The lowest BCUT2D eigenvalue weighted by molar-refractivity contribution is -0.133. The molecule has 5 unspecified atom stereocenters. The lowest BCUT2D eigenvalue weighted by Gasteiger charge is -2.33. The van der Waals surface area contributed by atoms with E-state index in [1.807, 2.05) is 0 Å². The fraction of sp³-hybridized carbons (Fsp3) is 0.933. The molecule has 0 aliphatic carbocycles. The van der Waals surface area contributed by atoms with Crippen LogP contribution in [-0.2, 0) is 4.79 Å². The second-order valence-electron chi connectivity index (χ2n) is 5.83. The summed E-state index contributed by atoms with van der Waals surface area (Å²) in [5, 5.41) is 3.53. The lowest BCUT2D eigenvalue weighted by Crippen LogP contribution is -2.45. The Balaban J connectivity index is 2.86. The van der Waals surface area contributed by atoms with E-state index in [1.165, 1.54) is 0 Å². The van der Waals surface area contributed by atoms with Crippen molar-refractivity contribution >= 4 is 5.91 Å². The van der Waals surface area contributed by atoms with Crippen LogP contribution >= 0.6 is 0 Å². The SMILES string of the molecule is CCC(C)C1NC(CC)N(C(C)C(C)CC)C1=O. The molecule has 0 aromatic carbocycles. The van der Waals surface area contributed by atoms with Crippen LogP contribution in [0.1, 0.15) is 60.8 Å². The molecule has 1 fully saturated rings. The van der Waals surface area contributed by atoms with E-state index in [9.17, 15) is 4.79 Å². The molecule has 1 saturated heterocycles. The molecule has 1 heterocycles. The van der Waals surface area contributed by atoms with Crippen molar-refractivity contribution in [2.45, 2.75) is 79.1 Å². The highest BCUT2D eigenvalue weighted by Crippen LogP contribution is 2.26.